The number of aliphatic imine (C=N–C) groups is 1. The molecule has 5 heteroatoms. The van der Waals surface area contributed by atoms with Crippen molar-refractivity contribution in [1.82, 2.24) is 10.6 Å². The van der Waals surface area contributed by atoms with Crippen LogP contribution in [0.15, 0.2) is 59.6 Å². The minimum Gasteiger partial charge on any atom is -0.357 e. The molecule has 0 saturated heterocycles. The van der Waals surface area contributed by atoms with Crippen LogP contribution in [0.25, 0.3) is 0 Å². The van der Waals surface area contributed by atoms with Crippen LogP contribution in [0, 0.1) is 0 Å². The molecule has 132 valence electrons. The van der Waals surface area contributed by atoms with Gasteiger partial charge in [0.05, 0.1) is 13.1 Å². The lowest BCUT2D eigenvalue weighted by Crippen LogP contribution is -2.41. The summed E-state index contributed by atoms with van der Waals surface area (Å²) >= 11 is 0. The van der Waals surface area contributed by atoms with Gasteiger partial charge in [-0.15, -0.1) is 0 Å². The molecule has 0 bridgehead atoms. The summed E-state index contributed by atoms with van der Waals surface area (Å²) in [6, 6.07) is 17.9. The maximum atomic E-state index is 12.1. The summed E-state index contributed by atoms with van der Waals surface area (Å²) in [6.45, 7) is 5.55. The number of anilines is 1. The van der Waals surface area contributed by atoms with Crippen LogP contribution in [0.5, 0.6) is 0 Å². The van der Waals surface area contributed by atoms with Crippen LogP contribution in [0.4, 0.5) is 5.69 Å². The minimum absolute atomic E-state index is 0.0985. The highest BCUT2D eigenvalue weighted by Crippen LogP contribution is 2.10. The zero-order valence-corrected chi connectivity index (χ0v) is 14.9. The van der Waals surface area contributed by atoms with Gasteiger partial charge in [0.15, 0.2) is 5.96 Å². The standard InChI is InChI=1S/C20H26N4O/c1-3-16-11-8-12-18(13-16)24-19(25)15-23-20(21-4-2)22-14-17-9-6-5-7-10-17/h5-13H,3-4,14-15H2,1-2H3,(H,24,25)(H2,21,22,23). The summed E-state index contributed by atoms with van der Waals surface area (Å²) < 4.78 is 0. The molecular formula is C20H26N4O. The van der Waals surface area contributed by atoms with Crippen molar-refractivity contribution in [3.05, 3.63) is 65.7 Å². The van der Waals surface area contributed by atoms with E-state index in [9.17, 15) is 4.79 Å². The van der Waals surface area contributed by atoms with Gasteiger partial charge < -0.3 is 16.0 Å². The van der Waals surface area contributed by atoms with E-state index in [1.165, 1.54) is 5.56 Å². The van der Waals surface area contributed by atoms with Crippen molar-refractivity contribution in [2.75, 3.05) is 18.4 Å². The summed E-state index contributed by atoms with van der Waals surface area (Å²) in [5.41, 5.74) is 3.14. The van der Waals surface area contributed by atoms with Gasteiger partial charge in [-0.05, 0) is 36.6 Å². The summed E-state index contributed by atoms with van der Waals surface area (Å²) in [7, 11) is 0. The fourth-order valence-electron chi connectivity index (χ4n) is 2.33. The molecule has 0 spiro atoms. The number of guanidine groups is 1. The first-order valence-electron chi connectivity index (χ1n) is 8.66. The van der Waals surface area contributed by atoms with Gasteiger partial charge in [-0.1, -0.05) is 49.4 Å². The highest BCUT2D eigenvalue weighted by atomic mass is 16.1. The van der Waals surface area contributed by atoms with E-state index < -0.39 is 0 Å². The molecule has 2 aromatic rings. The van der Waals surface area contributed by atoms with E-state index in [2.05, 4.69) is 27.9 Å². The minimum atomic E-state index is -0.0985. The molecule has 0 radical (unpaired) electrons. The molecule has 2 aromatic carbocycles. The third kappa shape index (κ3) is 6.67. The van der Waals surface area contributed by atoms with Crippen LogP contribution < -0.4 is 16.0 Å². The molecule has 0 aromatic heterocycles. The van der Waals surface area contributed by atoms with E-state index >= 15 is 0 Å². The molecule has 0 aliphatic heterocycles. The Labute approximate surface area is 149 Å². The molecule has 2 rings (SSSR count). The maximum Gasteiger partial charge on any atom is 0.243 e. The van der Waals surface area contributed by atoms with Crippen LogP contribution in [-0.4, -0.2) is 25.0 Å². The fourth-order valence-corrected chi connectivity index (χ4v) is 2.33. The molecule has 0 unspecified atom stereocenters. The van der Waals surface area contributed by atoms with Gasteiger partial charge in [0.25, 0.3) is 0 Å². The third-order valence-corrected chi connectivity index (χ3v) is 3.64. The van der Waals surface area contributed by atoms with Crippen molar-refractivity contribution in [3.63, 3.8) is 0 Å². The molecule has 0 fully saturated rings. The van der Waals surface area contributed by atoms with E-state index in [4.69, 9.17) is 0 Å². The normalized spacial score (nSPS) is 11.0. The van der Waals surface area contributed by atoms with Gasteiger partial charge in [-0.25, -0.2) is 4.99 Å². The second kappa shape index (κ2) is 10.1. The number of hydrogen-bond acceptors (Lipinski definition) is 2. The predicted octanol–water partition coefficient (Wildman–Crippen LogP) is 2.94. The number of aryl methyl sites for hydroxylation is 1. The number of carbonyl (C=O) groups is 1. The predicted molar refractivity (Wildman–Crippen MR) is 104 cm³/mol. The summed E-state index contributed by atoms with van der Waals surface area (Å²) in [4.78, 5) is 16.6. The molecule has 25 heavy (non-hydrogen) atoms. The van der Waals surface area contributed by atoms with E-state index in [1.54, 1.807) is 0 Å². The third-order valence-electron chi connectivity index (χ3n) is 3.64. The Morgan fingerprint density at radius 3 is 2.44 bits per heavy atom. The average Bonchev–Trinajstić information content (AvgIpc) is 2.65. The highest BCUT2D eigenvalue weighted by Gasteiger charge is 2.05. The summed E-state index contributed by atoms with van der Waals surface area (Å²) in [6.07, 6.45) is 0.943. The largest absolute Gasteiger partial charge is 0.357 e. The molecule has 0 saturated carbocycles. The Morgan fingerprint density at radius 2 is 1.72 bits per heavy atom. The lowest BCUT2D eigenvalue weighted by Gasteiger charge is -2.12. The smallest absolute Gasteiger partial charge is 0.243 e. The second-order valence-corrected chi connectivity index (χ2v) is 5.64. The first-order chi connectivity index (χ1) is 12.2. The maximum absolute atomic E-state index is 12.1. The van der Waals surface area contributed by atoms with Gasteiger partial charge in [-0.2, -0.15) is 0 Å². The number of rotatable bonds is 7. The number of nitrogens with one attached hydrogen (secondary N) is 3. The van der Waals surface area contributed by atoms with Gasteiger partial charge >= 0.3 is 0 Å². The van der Waals surface area contributed by atoms with Crippen molar-refractivity contribution in [3.8, 4) is 0 Å². The fraction of sp³-hybridized carbons (Fsp3) is 0.300. The lowest BCUT2D eigenvalue weighted by molar-refractivity contribution is -0.115. The first kappa shape index (κ1) is 18.5. The van der Waals surface area contributed by atoms with Crippen molar-refractivity contribution >= 4 is 17.6 Å². The zero-order valence-electron chi connectivity index (χ0n) is 14.9. The summed E-state index contributed by atoms with van der Waals surface area (Å²) in [5, 5.41) is 9.12. The van der Waals surface area contributed by atoms with Crippen molar-refractivity contribution in [2.24, 2.45) is 4.99 Å². The zero-order chi connectivity index (χ0) is 17.9. The van der Waals surface area contributed by atoms with Gasteiger partial charge in [-0.3, -0.25) is 4.79 Å². The monoisotopic (exact) mass is 338 g/mol. The van der Waals surface area contributed by atoms with E-state index in [0.29, 0.717) is 12.5 Å². The van der Waals surface area contributed by atoms with E-state index in [1.807, 2.05) is 61.5 Å². The number of nitrogens with zero attached hydrogens (tertiary/aromatic N) is 1. The Balaban J connectivity index is 1.87. The Bertz CT molecular complexity index is 698. The Hall–Kier alpha value is -2.82. The van der Waals surface area contributed by atoms with Crippen LogP contribution in [0.2, 0.25) is 0 Å². The second-order valence-electron chi connectivity index (χ2n) is 5.64. The van der Waals surface area contributed by atoms with Gasteiger partial charge in [0, 0.05) is 12.2 Å². The number of benzene rings is 2. The molecule has 5 nitrogen and oxygen atoms in total. The van der Waals surface area contributed by atoms with Crippen LogP contribution in [-0.2, 0) is 17.8 Å². The van der Waals surface area contributed by atoms with Crippen molar-refractivity contribution in [2.45, 2.75) is 26.8 Å². The molecule has 0 heterocycles. The molecule has 0 aliphatic rings. The molecular weight excluding hydrogens is 312 g/mol. The number of hydrogen-bond donors (Lipinski definition) is 3. The number of amides is 1. The van der Waals surface area contributed by atoms with Gasteiger partial charge in [0.1, 0.15) is 0 Å². The average molecular weight is 338 g/mol. The topological polar surface area (TPSA) is 65.5 Å². The van der Waals surface area contributed by atoms with Crippen LogP contribution in [0.3, 0.4) is 0 Å². The Morgan fingerprint density at radius 1 is 0.960 bits per heavy atom. The van der Waals surface area contributed by atoms with E-state index in [0.717, 1.165) is 24.2 Å². The Kier molecular flexibility index (Phi) is 7.50. The SMILES string of the molecule is CCNC(=NCc1ccccc1)NCC(=O)Nc1cccc(CC)c1. The highest BCUT2D eigenvalue weighted by molar-refractivity contribution is 5.95. The molecule has 3 N–H and O–H groups in total. The van der Waals surface area contributed by atoms with Gasteiger partial charge in [0.2, 0.25) is 5.91 Å². The lowest BCUT2D eigenvalue weighted by atomic mass is 10.1. The summed E-state index contributed by atoms with van der Waals surface area (Å²) in [5.74, 6) is 0.530. The van der Waals surface area contributed by atoms with Crippen LogP contribution >= 0.6 is 0 Å². The molecule has 0 aliphatic carbocycles. The van der Waals surface area contributed by atoms with E-state index in [-0.39, 0.29) is 12.5 Å². The molecule has 1 amide bonds. The van der Waals surface area contributed by atoms with Crippen LogP contribution in [0.1, 0.15) is 25.0 Å². The van der Waals surface area contributed by atoms with Crippen molar-refractivity contribution < 1.29 is 4.79 Å². The number of carbonyl (C=O) groups excluding carboxylic acids is 1. The quantitative estimate of drug-likeness (QED) is 0.537. The van der Waals surface area contributed by atoms with Crippen molar-refractivity contribution in [1.29, 1.82) is 0 Å². The first-order valence-corrected chi connectivity index (χ1v) is 8.66. The molecule has 0 atom stereocenters.